The average Bonchev–Trinajstić information content (AvgIpc) is 3.47. The molecule has 1 aliphatic rings. The number of nitriles is 1. The van der Waals surface area contributed by atoms with Gasteiger partial charge in [-0.25, -0.2) is 13.5 Å². The van der Waals surface area contributed by atoms with Crippen LogP contribution in [0.25, 0.3) is 5.52 Å². The van der Waals surface area contributed by atoms with E-state index < -0.39 is 49.2 Å². The topological polar surface area (TPSA) is 175 Å². The van der Waals surface area contributed by atoms with E-state index >= 15 is 4.39 Å². The second-order valence-corrected chi connectivity index (χ2v) is 15.7. The number of nitrogen functional groups attached to an aromatic ring is 1. The minimum Gasteiger partial charge on any atom is -0.397 e. The molecule has 0 aliphatic carbocycles. The Bertz CT molecular complexity index is 1370. The molecule has 12 nitrogen and oxygen atoms in total. The minimum absolute atomic E-state index is 0.107. The second-order valence-electron chi connectivity index (χ2n) is 11.9. The number of nitrogens with two attached hydrogens (primary N) is 1. The number of aliphatic hydroxyl groups excluding tert-OH is 1. The molecule has 16 heteroatoms. The lowest BCUT2D eigenvalue weighted by Crippen LogP contribution is -2.44. The van der Waals surface area contributed by atoms with Gasteiger partial charge in [0, 0.05) is 28.5 Å². The van der Waals surface area contributed by atoms with Gasteiger partial charge in [0.2, 0.25) is 5.60 Å². The zero-order valence-electron chi connectivity index (χ0n) is 24.9. The molecule has 3 N–H and O–H groups in total. The van der Waals surface area contributed by atoms with Crippen LogP contribution in [0.2, 0.25) is 0 Å². The van der Waals surface area contributed by atoms with Crippen molar-refractivity contribution in [3.63, 3.8) is 0 Å². The predicted octanol–water partition coefficient (Wildman–Crippen LogP) is 4.72. The largest absolute Gasteiger partial charge is 0.474 e. The van der Waals surface area contributed by atoms with E-state index in [1.165, 1.54) is 16.8 Å². The van der Waals surface area contributed by atoms with Crippen LogP contribution in [0.15, 0.2) is 24.4 Å². The fraction of sp³-hybridized carbons (Fsp3) is 0.630. The average molecular weight is 661 g/mol. The summed E-state index contributed by atoms with van der Waals surface area (Å²) in [5.74, 6) is 0.247. The van der Waals surface area contributed by atoms with E-state index in [1.54, 1.807) is 59.7 Å². The summed E-state index contributed by atoms with van der Waals surface area (Å²) < 4.78 is 52.5. The van der Waals surface area contributed by atoms with Gasteiger partial charge in [0.1, 0.15) is 24.9 Å². The van der Waals surface area contributed by atoms with Crippen molar-refractivity contribution in [2.45, 2.75) is 65.5 Å². The molecule has 1 fully saturated rings. The van der Waals surface area contributed by atoms with Gasteiger partial charge in [0.25, 0.3) is 0 Å². The maximum Gasteiger partial charge on any atom is 0.474 e. The van der Waals surface area contributed by atoms with Crippen molar-refractivity contribution in [2.75, 3.05) is 37.1 Å². The number of rotatable bonds is 12. The number of anilines is 1. The quantitative estimate of drug-likeness (QED) is 0.237. The molecule has 4 atom stereocenters. The Morgan fingerprint density at radius 3 is 2.19 bits per heavy atom. The first-order valence-electron chi connectivity index (χ1n) is 13.5. The van der Waals surface area contributed by atoms with E-state index in [4.69, 9.17) is 24.0 Å². The lowest BCUT2D eigenvalue weighted by molar-refractivity contribution is -0.118. The maximum absolute atomic E-state index is 15.5. The zero-order chi connectivity index (χ0) is 32.2. The number of alkyl halides is 1. The molecular weight excluding hydrogens is 622 g/mol. The third-order valence-corrected chi connectivity index (χ3v) is 10.2. The summed E-state index contributed by atoms with van der Waals surface area (Å²) in [6.07, 6.45) is -4.10. The van der Waals surface area contributed by atoms with Crippen molar-refractivity contribution < 1.29 is 42.0 Å². The first-order chi connectivity index (χ1) is 19.9. The van der Waals surface area contributed by atoms with Crippen molar-refractivity contribution >= 4 is 52.8 Å². The number of carbonyl (C=O) groups excluding carboxylic acids is 2. The summed E-state index contributed by atoms with van der Waals surface area (Å²) in [6.45, 7) is 9.25. The van der Waals surface area contributed by atoms with Crippen molar-refractivity contribution in [2.24, 2.45) is 10.8 Å². The van der Waals surface area contributed by atoms with Gasteiger partial charge in [-0.2, -0.15) is 10.4 Å². The van der Waals surface area contributed by atoms with Crippen LogP contribution in [0.1, 0.15) is 53.3 Å². The maximum atomic E-state index is 15.5. The van der Waals surface area contributed by atoms with Gasteiger partial charge in [-0.1, -0.05) is 65.1 Å². The van der Waals surface area contributed by atoms with Crippen LogP contribution in [-0.4, -0.2) is 74.2 Å². The number of phosphoric acid groups is 1. The van der Waals surface area contributed by atoms with Crippen LogP contribution in [0.3, 0.4) is 0 Å². The SMILES string of the molecule is CC(C)(C)C(=O)SCCOP(=O)(OCCSC(=O)C(C)(C)C)OC[C@@]1(C#N)O[C@@H](c2ccc3c(N)ccnn23)[C@H](F)[C@@H]1O. The number of nitrogens with zero attached hydrogens (tertiary/aromatic N) is 3. The predicted molar refractivity (Wildman–Crippen MR) is 162 cm³/mol. The number of fused-ring (bicyclic) bond motifs is 1. The number of phosphoric ester groups is 1. The Morgan fingerprint density at radius 1 is 1.12 bits per heavy atom. The normalized spacial score (nSPS) is 23.0. The lowest BCUT2D eigenvalue weighted by atomic mass is 9.97. The third-order valence-electron chi connectivity index (χ3n) is 6.30. The molecule has 43 heavy (non-hydrogen) atoms. The molecule has 2 aromatic heterocycles. The Hall–Kier alpha value is -2.02. The first kappa shape index (κ1) is 35.5. The van der Waals surface area contributed by atoms with Gasteiger partial charge < -0.3 is 15.6 Å². The smallest absolute Gasteiger partial charge is 0.397 e. The number of carbonyl (C=O) groups is 2. The third kappa shape index (κ3) is 8.58. The fourth-order valence-electron chi connectivity index (χ4n) is 3.81. The Kier molecular flexibility index (Phi) is 11.5. The van der Waals surface area contributed by atoms with Crippen LogP contribution in [0, 0.1) is 22.2 Å². The summed E-state index contributed by atoms with van der Waals surface area (Å²) in [4.78, 5) is 24.5. The molecule has 0 spiro atoms. The molecule has 0 bridgehead atoms. The Labute approximate surface area is 258 Å². The van der Waals surface area contributed by atoms with Crippen molar-refractivity contribution in [3.05, 3.63) is 30.1 Å². The molecule has 3 rings (SSSR count). The highest BCUT2D eigenvalue weighted by atomic mass is 32.2. The first-order valence-corrected chi connectivity index (χ1v) is 16.9. The zero-order valence-corrected chi connectivity index (χ0v) is 27.5. The summed E-state index contributed by atoms with van der Waals surface area (Å²) in [5.41, 5.74) is 3.54. The van der Waals surface area contributed by atoms with E-state index in [2.05, 4.69) is 5.10 Å². The highest BCUT2D eigenvalue weighted by Gasteiger charge is 2.58. The molecule has 0 saturated carbocycles. The minimum atomic E-state index is -4.45. The van der Waals surface area contributed by atoms with E-state index in [0.29, 0.717) is 11.2 Å². The number of aromatic nitrogens is 2. The highest BCUT2D eigenvalue weighted by molar-refractivity contribution is 8.14. The molecular formula is C27H38FN4O8PS2. The summed E-state index contributed by atoms with van der Waals surface area (Å²) in [6, 6.07) is 6.44. The van der Waals surface area contributed by atoms with Gasteiger partial charge >= 0.3 is 7.82 Å². The standard InChI is InChI=1S/C27H38FN4O8PS2/c1-25(2,3)23(34)42-13-11-37-41(36,38-12-14-43-24(35)26(4,5)6)39-16-27(15-29)22(33)20(28)21(40-27)19-8-7-18-17(30)9-10-31-32(18)19/h7-10,20-22,33H,11-14,16,30H2,1-6H3/t20-,21-,22-,27+/m0/s1. The van der Waals surface area contributed by atoms with Gasteiger partial charge in [0.15, 0.2) is 16.4 Å². The molecule has 1 aliphatic heterocycles. The molecule has 3 heterocycles. The number of thioether (sulfide) groups is 2. The molecule has 0 unspecified atom stereocenters. The summed E-state index contributed by atoms with van der Waals surface area (Å²) in [7, 11) is -4.45. The number of aliphatic hydroxyl groups is 1. The molecule has 2 aromatic rings. The van der Waals surface area contributed by atoms with Crippen LogP contribution in [0.4, 0.5) is 10.1 Å². The number of ether oxygens (including phenoxy) is 1. The second kappa shape index (κ2) is 14.0. The Balaban J connectivity index is 1.74. The number of hydrogen-bond acceptors (Lipinski definition) is 13. The van der Waals surface area contributed by atoms with E-state index in [9.17, 15) is 24.5 Å². The molecule has 1 saturated heterocycles. The fourth-order valence-corrected chi connectivity index (χ4v) is 6.83. The molecule has 0 amide bonds. The van der Waals surface area contributed by atoms with Crippen LogP contribution < -0.4 is 5.73 Å². The number of hydrogen-bond donors (Lipinski definition) is 2. The Morgan fingerprint density at radius 2 is 1.67 bits per heavy atom. The molecule has 238 valence electrons. The van der Waals surface area contributed by atoms with Crippen LogP contribution >= 0.6 is 31.3 Å². The van der Waals surface area contributed by atoms with Crippen LogP contribution in [0.5, 0.6) is 0 Å². The molecule has 0 aromatic carbocycles. The summed E-state index contributed by atoms with van der Waals surface area (Å²) >= 11 is 1.96. The highest BCUT2D eigenvalue weighted by Crippen LogP contribution is 2.52. The van der Waals surface area contributed by atoms with Crippen molar-refractivity contribution in [3.8, 4) is 6.07 Å². The van der Waals surface area contributed by atoms with Crippen LogP contribution in [-0.2, 0) is 32.5 Å². The lowest BCUT2D eigenvalue weighted by Gasteiger charge is -2.26. The van der Waals surface area contributed by atoms with Crippen molar-refractivity contribution in [1.29, 1.82) is 5.26 Å². The van der Waals surface area contributed by atoms with Gasteiger partial charge in [0.05, 0.1) is 30.1 Å². The van der Waals surface area contributed by atoms with Gasteiger partial charge in [-0.05, 0) is 18.2 Å². The summed E-state index contributed by atoms with van der Waals surface area (Å²) in [5, 5.41) is 24.7. The monoisotopic (exact) mass is 660 g/mol. The molecule has 0 radical (unpaired) electrons. The van der Waals surface area contributed by atoms with E-state index in [0.717, 1.165) is 23.5 Å². The van der Waals surface area contributed by atoms with Gasteiger partial charge in [-0.15, -0.1) is 0 Å². The van der Waals surface area contributed by atoms with E-state index in [1.807, 2.05) is 0 Å². The van der Waals surface area contributed by atoms with Gasteiger partial charge in [-0.3, -0.25) is 23.2 Å². The number of halogens is 1. The van der Waals surface area contributed by atoms with E-state index in [-0.39, 0.29) is 40.6 Å². The van der Waals surface area contributed by atoms with Crippen molar-refractivity contribution in [1.82, 2.24) is 9.61 Å².